The van der Waals surface area contributed by atoms with Crippen molar-refractivity contribution < 1.29 is 4.79 Å². The molecule has 0 spiro atoms. The number of para-hydroxylation sites is 1. The van der Waals surface area contributed by atoms with Crippen molar-refractivity contribution in [1.82, 2.24) is 4.90 Å². The van der Waals surface area contributed by atoms with Gasteiger partial charge in [-0.2, -0.15) is 0 Å². The number of benzene rings is 2. The Bertz CT molecular complexity index is 738. The van der Waals surface area contributed by atoms with Crippen LogP contribution in [0.2, 0.25) is 0 Å². The van der Waals surface area contributed by atoms with Gasteiger partial charge in [-0.05, 0) is 56.2 Å². The number of anilines is 2. The Balaban J connectivity index is 2.45. The number of aliphatic imine (C=N–C) groups is 1. The first-order chi connectivity index (χ1) is 11.4. The van der Waals surface area contributed by atoms with Gasteiger partial charge in [0.15, 0.2) is 0 Å². The fourth-order valence-electron chi connectivity index (χ4n) is 2.48. The van der Waals surface area contributed by atoms with E-state index in [9.17, 15) is 4.79 Å². The summed E-state index contributed by atoms with van der Waals surface area (Å²) in [6.07, 6.45) is 1.83. The summed E-state index contributed by atoms with van der Waals surface area (Å²) >= 11 is 0. The van der Waals surface area contributed by atoms with Crippen molar-refractivity contribution in [2.45, 2.75) is 27.7 Å². The third kappa shape index (κ3) is 4.02. The number of carbonyl (C=O) groups is 1. The highest BCUT2D eigenvalue weighted by Gasteiger charge is 2.17. The van der Waals surface area contributed by atoms with Crippen molar-refractivity contribution >= 4 is 29.3 Å². The van der Waals surface area contributed by atoms with Gasteiger partial charge in [0.1, 0.15) is 0 Å². The van der Waals surface area contributed by atoms with Gasteiger partial charge in [-0.25, -0.2) is 4.99 Å². The van der Waals surface area contributed by atoms with Crippen LogP contribution in [0.5, 0.6) is 0 Å². The molecular weight excluding hydrogens is 298 g/mol. The Labute approximate surface area is 144 Å². The van der Waals surface area contributed by atoms with E-state index in [-0.39, 0.29) is 5.91 Å². The smallest absolute Gasteiger partial charge is 0.228 e. The number of hydrogen-bond acceptors (Lipinski definition) is 2. The van der Waals surface area contributed by atoms with Crippen molar-refractivity contribution in [3.8, 4) is 0 Å². The zero-order valence-corrected chi connectivity index (χ0v) is 15.1. The summed E-state index contributed by atoms with van der Waals surface area (Å²) < 4.78 is 0. The quantitative estimate of drug-likeness (QED) is 0.595. The monoisotopic (exact) mass is 323 g/mol. The van der Waals surface area contributed by atoms with Gasteiger partial charge in [0.25, 0.3) is 0 Å². The first-order valence-electron chi connectivity index (χ1n) is 8.15. The molecule has 0 aliphatic carbocycles. The van der Waals surface area contributed by atoms with E-state index in [1.165, 1.54) is 0 Å². The molecule has 2 aromatic carbocycles. The second-order valence-corrected chi connectivity index (χ2v) is 5.93. The van der Waals surface area contributed by atoms with E-state index in [1.54, 1.807) is 11.8 Å². The fraction of sp³-hybridized carbons (Fsp3) is 0.300. The number of carbonyl (C=O) groups excluding carboxylic acids is 1. The molecule has 0 aliphatic rings. The summed E-state index contributed by atoms with van der Waals surface area (Å²) in [7, 11) is 1.99. The predicted octanol–water partition coefficient (Wildman–Crippen LogP) is 4.60. The van der Waals surface area contributed by atoms with Crippen LogP contribution in [-0.4, -0.2) is 30.7 Å². The normalized spacial score (nSPS) is 10.9. The highest BCUT2D eigenvalue weighted by molar-refractivity contribution is 6.00. The molecule has 0 N–H and O–H groups in total. The molecule has 0 heterocycles. The number of aryl methyl sites for hydroxylation is 2. The molecule has 0 fully saturated rings. The number of nitrogens with zero attached hydrogens (tertiary/aromatic N) is 3. The van der Waals surface area contributed by atoms with Crippen LogP contribution in [-0.2, 0) is 4.79 Å². The van der Waals surface area contributed by atoms with Gasteiger partial charge in [-0.3, -0.25) is 9.69 Å². The van der Waals surface area contributed by atoms with Gasteiger partial charge >= 0.3 is 0 Å². The van der Waals surface area contributed by atoms with Gasteiger partial charge < -0.3 is 4.90 Å². The number of rotatable bonds is 5. The number of amides is 1. The maximum absolute atomic E-state index is 12.2. The molecule has 4 nitrogen and oxygen atoms in total. The van der Waals surface area contributed by atoms with Crippen LogP contribution < -0.4 is 4.90 Å². The van der Waals surface area contributed by atoms with Crippen LogP contribution in [0.25, 0.3) is 0 Å². The van der Waals surface area contributed by atoms with Crippen LogP contribution in [0, 0.1) is 13.8 Å². The molecule has 0 saturated carbocycles. The maximum Gasteiger partial charge on any atom is 0.228 e. The highest BCUT2D eigenvalue weighted by atomic mass is 16.2. The minimum Gasteiger partial charge on any atom is -0.366 e. The summed E-state index contributed by atoms with van der Waals surface area (Å²) in [5, 5.41) is 0. The topological polar surface area (TPSA) is 35.9 Å². The van der Waals surface area contributed by atoms with Crippen molar-refractivity contribution in [2.24, 2.45) is 4.99 Å². The zero-order chi connectivity index (χ0) is 17.7. The lowest BCUT2D eigenvalue weighted by molar-refractivity contribution is -0.115. The Hall–Kier alpha value is -2.62. The van der Waals surface area contributed by atoms with E-state index in [1.807, 2.05) is 74.6 Å². The Kier molecular flexibility index (Phi) is 5.74. The van der Waals surface area contributed by atoms with Crippen LogP contribution in [0.3, 0.4) is 0 Å². The average molecular weight is 323 g/mol. The summed E-state index contributed by atoms with van der Waals surface area (Å²) in [5.74, 6) is -0.00864. The fourth-order valence-corrected chi connectivity index (χ4v) is 2.48. The van der Waals surface area contributed by atoms with Crippen molar-refractivity contribution in [3.05, 3.63) is 53.6 Å². The summed E-state index contributed by atoms with van der Waals surface area (Å²) in [6, 6.07) is 13.8. The lowest BCUT2D eigenvalue weighted by Crippen LogP contribution is -2.23. The van der Waals surface area contributed by atoms with Crippen LogP contribution in [0.4, 0.5) is 17.1 Å². The number of hydrogen-bond donors (Lipinski definition) is 0. The molecule has 0 unspecified atom stereocenters. The van der Waals surface area contributed by atoms with E-state index in [4.69, 9.17) is 0 Å². The molecule has 0 saturated heterocycles. The Morgan fingerprint density at radius 2 is 1.79 bits per heavy atom. The van der Waals surface area contributed by atoms with E-state index in [0.29, 0.717) is 0 Å². The van der Waals surface area contributed by atoms with E-state index in [2.05, 4.69) is 11.9 Å². The average Bonchev–Trinajstić information content (AvgIpc) is 2.57. The van der Waals surface area contributed by atoms with Crippen molar-refractivity contribution in [2.75, 3.05) is 18.5 Å². The molecule has 0 radical (unpaired) electrons. The molecule has 0 atom stereocenters. The molecule has 2 rings (SSSR count). The molecule has 0 aliphatic heterocycles. The Morgan fingerprint density at radius 3 is 2.38 bits per heavy atom. The van der Waals surface area contributed by atoms with Crippen LogP contribution >= 0.6 is 0 Å². The summed E-state index contributed by atoms with van der Waals surface area (Å²) in [5.41, 5.74) is 4.75. The zero-order valence-electron chi connectivity index (χ0n) is 15.1. The van der Waals surface area contributed by atoms with Crippen LogP contribution in [0.1, 0.15) is 25.0 Å². The third-order valence-corrected chi connectivity index (χ3v) is 3.98. The maximum atomic E-state index is 12.2. The lowest BCUT2D eigenvalue weighted by atomic mass is 10.1. The van der Waals surface area contributed by atoms with E-state index >= 15 is 0 Å². The van der Waals surface area contributed by atoms with Gasteiger partial charge in [0.05, 0.1) is 17.7 Å². The van der Waals surface area contributed by atoms with Gasteiger partial charge in [-0.1, -0.05) is 18.2 Å². The second kappa shape index (κ2) is 7.77. The molecule has 24 heavy (non-hydrogen) atoms. The second-order valence-electron chi connectivity index (χ2n) is 5.93. The molecule has 0 aromatic heterocycles. The van der Waals surface area contributed by atoms with Crippen molar-refractivity contribution in [1.29, 1.82) is 0 Å². The van der Waals surface area contributed by atoms with Gasteiger partial charge in [0, 0.05) is 26.2 Å². The van der Waals surface area contributed by atoms with Crippen LogP contribution in [0.15, 0.2) is 47.5 Å². The highest BCUT2D eigenvalue weighted by Crippen LogP contribution is 2.33. The molecule has 2 aromatic rings. The molecule has 0 bridgehead atoms. The minimum absolute atomic E-state index is 0.00864. The largest absolute Gasteiger partial charge is 0.366 e. The summed E-state index contributed by atoms with van der Waals surface area (Å²) in [4.78, 5) is 20.6. The standard InChI is InChI=1S/C20H25N3O/c1-6-22(5)14-21-19-12-16(3)20(13-15(19)2)23(17(4)24)18-10-8-7-9-11-18/h7-14H,6H2,1-5H3. The van der Waals surface area contributed by atoms with Gasteiger partial charge in [-0.15, -0.1) is 0 Å². The predicted molar refractivity (Wildman–Crippen MR) is 102 cm³/mol. The SMILES string of the molecule is CCN(C)C=Nc1cc(C)c(N(C(C)=O)c2ccccc2)cc1C. The first kappa shape index (κ1) is 17.7. The van der Waals surface area contributed by atoms with Gasteiger partial charge in [0.2, 0.25) is 5.91 Å². The Morgan fingerprint density at radius 1 is 1.12 bits per heavy atom. The molecule has 126 valence electrons. The van der Waals surface area contributed by atoms with E-state index in [0.717, 1.165) is 34.7 Å². The molecular formula is C20H25N3O. The lowest BCUT2D eigenvalue weighted by Gasteiger charge is -2.24. The minimum atomic E-state index is -0.00864. The van der Waals surface area contributed by atoms with Crippen molar-refractivity contribution in [3.63, 3.8) is 0 Å². The molecule has 4 heteroatoms. The van der Waals surface area contributed by atoms with E-state index < -0.39 is 0 Å². The first-order valence-corrected chi connectivity index (χ1v) is 8.15. The third-order valence-electron chi connectivity index (χ3n) is 3.98. The summed E-state index contributed by atoms with van der Waals surface area (Å²) in [6.45, 7) is 8.61. The molecule has 1 amide bonds.